The lowest BCUT2D eigenvalue weighted by Gasteiger charge is -2.46. The van der Waals surface area contributed by atoms with E-state index >= 15 is 0 Å². The number of carbonyl (C=O) groups excluding carboxylic acids is 2. The Balaban J connectivity index is 3.33. The SMILES string of the molecule is CCCCCCCCCCCCCCCC(=O)C(OP(=O)(O)OC1[C@@H](O)[C@H](OP(=O)(O)O)C(OP(=O)(O)O)[C@H](OP(=O)(O)O)[C@@H]1O)(C(=O)CCCCCCCCCCCCCCC)[C@@H](O)CO. The highest BCUT2D eigenvalue weighted by Gasteiger charge is 2.61. The van der Waals surface area contributed by atoms with E-state index in [4.69, 9.17) is 9.05 Å². The molecule has 1 saturated carbocycles. The second-order valence-corrected chi connectivity index (χ2v) is 22.5. The van der Waals surface area contributed by atoms with Crippen LogP contribution in [-0.4, -0.2) is 121 Å². The lowest BCUT2D eigenvalue weighted by Crippen LogP contribution is -2.65. The number of aliphatic hydroxyl groups is 4. The van der Waals surface area contributed by atoms with Crippen LogP contribution in [0, 0.1) is 0 Å². The Kier molecular flexibility index (Phi) is 32.2. The van der Waals surface area contributed by atoms with Gasteiger partial charge in [0.1, 0.15) is 42.7 Å². The van der Waals surface area contributed by atoms with Gasteiger partial charge in [0.05, 0.1) is 6.61 Å². The van der Waals surface area contributed by atoms with Gasteiger partial charge in [-0.3, -0.25) is 32.2 Å². The summed E-state index contributed by atoms with van der Waals surface area (Å²) in [5, 5.41) is 43.5. The first-order valence-electron chi connectivity index (χ1n) is 24.0. The second kappa shape index (κ2) is 33.4. The number of rotatable bonds is 42. The maximum Gasteiger partial charge on any atom is 0.474 e. The van der Waals surface area contributed by atoms with Gasteiger partial charge in [0.25, 0.3) is 0 Å². The molecule has 0 aliphatic heterocycles. The minimum Gasteiger partial charge on any atom is -0.394 e. The summed E-state index contributed by atoms with van der Waals surface area (Å²) in [7, 11) is -23.8. The molecule has 0 amide bonds. The van der Waals surface area contributed by atoms with Crippen LogP contribution in [0.1, 0.15) is 194 Å². The quantitative estimate of drug-likeness (QED) is 0.0169. The van der Waals surface area contributed by atoms with Crippen LogP contribution >= 0.6 is 31.3 Å². The number of Topliss-reactive ketones (excluding diaryl/α,β-unsaturated/α-hetero) is 2. The molecule has 398 valence electrons. The number of unbranched alkanes of at least 4 members (excludes halogenated alkanes) is 24. The molecule has 0 aromatic heterocycles. The highest BCUT2D eigenvalue weighted by molar-refractivity contribution is 7.47. The molecule has 0 bridgehead atoms. The van der Waals surface area contributed by atoms with Crippen molar-refractivity contribution in [3.8, 4) is 0 Å². The van der Waals surface area contributed by atoms with Gasteiger partial charge in [-0.2, -0.15) is 0 Å². The van der Waals surface area contributed by atoms with Crippen molar-refractivity contribution in [3.05, 3.63) is 0 Å². The molecule has 11 N–H and O–H groups in total. The van der Waals surface area contributed by atoms with Crippen molar-refractivity contribution >= 4 is 42.9 Å². The van der Waals surface area contributed by atoms with Crippen LogP contribution in [-0.2, 0) is 50.5 Å². The van der Waals surface area contributed by atoms with Gasteiger partial charge in [0, 0.05) is 12.8 Å². The zero-order chi connectivity index (χ0) is 50.7. The zero-order valence-electron chi connectivity index (χ0n) is 39.2. The Hall–Kier alpha value is -0.380. The van der Waals surface area contributed by atoms with Gasteiger partial charge in [-0.15, -0.1) is 0 Å². The molecule has 0 radical (unpaired) electrons. The third kappa shape index (κ3) is 26.8. The first kappa shape index (κ1) is 64.6. The number of hydrogen-bond acceptors (Lipinski definition) is 15. The summed E-state index contributed by atoms with van der Waals surface area (Å²) < 4.78 is 72.8. The van der Waals surface area contributed by atoms with Gasteiger partial charge in [-0.25, -0.2) is 18.3 Å². The molecule has 1 rings (SSSR count). The molecule has 0 aromatic carbocycles. The van der Waals surface area contributed by atoms with Gasteiger partial charge >= 0.3 is 31.3 Å². The second-order valence-electron chi connectivity index (χ2n) is 17.6. The fourth-order valence-electron chi connectivity index (χ4n) is 8.27. The molecular formula is C41H82O22P4. The van der Waals surface area contributed by atoms with Crippen molar-refractivity contribution in [1.82, 2.24) is 0 Å². The average molecular weight is 1050 g/mol. The summed E-state index contributed by atoms with van der Waals surface area (Å²) in [5.41, 5.74) is -3.31. The largest absolute Gasteiger partial charge is 0.474 e. The normalized spacial score (nSPS) is 22.2. The van der Waals surface area contributed by atoms with Crippen LogP contribution in [0.4, 0.5) is 0 Å². The third-order valence-corrected chi connectivity index (χ3v) is 14.4. The number of phosphoric acid groups is 4. The van der Waals surface area contributed by atoms with E-state index in [2.05, 4.69) is 27.4 Å². The van der Waals surface area contributed by atoms with E-state index in [0.29, 0.717) is 25.7 Å². The zero-order valence-corrected chi connectivity index (χ0v) is 42.8. The molecule has 0 aromatic rings. The van der Waals surface area contributed by atoms with E-state index in [1.165, 1.54) is 64.2 Å². The van der Waals surface area contributed by atoms with Crippen LogP contribution in [0.25, 0.3) is 0 Å². The fourth-order valence-corrected chi connectivity index (χ4v) is 11.2. The predicted molar refractivity (Wildman–Crippen MR) is 245 cm³/mol. The summed E-state index contributed by atoms with van der Waals surface area (Å²) in [5.74, 6) is -2.47. The smallest absolute Gasteiger partial charge is 0.394 e. The van der Waals surface area contributed by atoms with E-state index in [9.17, 15) is 82.5 Å². The molecule has 0 saturated heterocycles. The Labute approximate surface area is 395 Å². The van der Waals surface area contributed by atoms with Crippen molar-refractivity contribution in [1.29, 1.82) is 0 Å². The van der Waals surface area contributed by atoms with Crippen molar-refractivity contribution in [2.45, 2.75) is 242 Å². The van der Waals surface area contributed by atoms with Crippen molar-refractivity contribution in [3.63, 3.8) is 0 Å². The number of carbonyl (C=O) groups is 2. The lowest BCUT2D eigenvalue weighted by molar-refractivity contribution is -0.211. The molecule has 26 heteroatoms. The van der Waals surface area contributed by atoms with Crippen molar-refractivity contribution < 1.29 is 105 Å². The monoisotopic (exact) mass is 1050 g/mol. The summed E-state index contributed by atoms with van der Waals surface area (Å²) in [6.07, 6.45) is 3.97. The third-order valence-electron chi connectivity index (χ3n) is 11.8. The Morgan fingerprint density at radius 1 is 0.448 bits per heavy atom. The fraction of sp³-hybridized carbons (Fsp3) is 0.951. The first-order chi connectivity index (χ1) is 31.4. The lowest BCUT2D eigenvalue weighted by atomic mass is 9.82. The van der Waals surface area contributed by atoms with Crippen LogP contribution in [0.2, 0.25) is 0 Å². The topological polar surface area (TPSA) is 371 Å². The van der Waals surface area contributed by atoms with Gasteiger partial charge in [-0.1, -0.05) is 168 Å². The Bertz CT molecular complexity index is 1490. The molecular weight excluding hydrogens is 968 g/mol. The Morgan fingerprint density at radius 3 is 0.985 bits per heavy atom. The van der Waals surface area contributed by atoms with Crippen LogP contribution < -0.4 is 0 Å². The van der Waals surface area contributed by atoms with Crippen LogP contribution in [0.15, 0.2) is 0 Å². The predicted octanol–water partition coefficient (Wildman–Crippen LogP) is 6.85. The van der Waals surface area contributed by atoms with E-state index in [-0.39, 0.29) is 12.8 Å². The summed E-state index contributed by atoms with van der Waals surface area (Å²) in [6, 6.07) is 0. The Morgan fingerprint density at radius 2 is 0.716 bits per heavy atom. The van der Waals surface area contributed by atoms with E-state index in [0.717, 1.165) is 64.2 Å². The molecule has 3 unspecified atom stereocenters. The van der Waals surface area contributed by atoms with Gasteiger partial charge in [0.15, 0.2) is 11.6 Å². The molecule has 1 fully saturated rings. The molecule has 8 atom stereocenters. The number of aliphatic hydroxyl groups excluding tert-OH is 4. The van der Waals surface area contributed by atoms with Crippen LogP contribution in [0.5, 0.6) is 0 Å². The van der Waals surface area contributed by atoms with Crippen molar-refractivity contribution in [2.24, 2.45) is 0 Å². The molecule has 22 nitrogen and oxygen atoms in total. The molecule has 1 aliphatic rings. The van der Waals surface area contributed by atoms with E-state index < -0.39 is 111 Å². The van der Waals surface area contributed by atoms with Crippen molar-refractivity contribution in [2.75, 3.05) is 6.61 Å². The molecule has 0 spiro atoms. The number of ketones is 2. The number of hydrogen-bond donors (Lipinski definition) is 11. The molecule has 67 heavy (non-hydrogen) atoms. The standard InChI is InChI=1S/C41H82O22P4/c1-3-5-7-9-11-13-15-17-19-21-23-25-27-29-32(43)41(34(45)31-42,33(44)30-28-26-24-22-20-18-16-14-12-10-8-6-4-2)63-67(57,58)62-37-35(46)38(59-64(48,49)50)40(61-66(54,55)56)39(36(37)47)60-65(51,52)53/h34-40,42,45-47H,3-31H2,1-2H3,(H,57,58)(H2,48,49,50)(H2,51,52,53)(H2,54,55,56)/t34-,35+,36+,37?,38-,39+,40?/m0/s1. The maximum atomic E-state index is 14.1. The van der Waals surface area contributed by atoms with E-state index in [1.54, 1.807) is 0 Å². The molecule has 1 aliphatic carbocycles. The first-order valence-corrected chi connectivity index (χ1v) is 30.1. The minimum absolute atomic E-state index is 0.117. The maximum absolute atomic E-state index is 14.1. The van der Waals surface area contributed by atoms with Gasteiger partial charge < -0.3 is 54.7 Å². The molecule has 0 heterocycles. The average Bonchev–Trinajstić information content (AvgIpc) is 3.23. The summed E-state index contributed by atoms with van der Waals surface area (Å²) >= 11 is 0. The summed E-state index contributed by atoms with van der Waals surface area (Å²) in [6.45, 7) is 2.96. The summed E-state index contributed by atoms with van der Waals surface area (Å²) in [4.78, 5) is 96.5. The van der Waals surface area contributed by atoms with E-state index in [1.807, 2.05) is 0 Å². The van der Waals surface area contributed by atoms with Gasteiger partial charge in [0.2, 0.25) is 5.60 Å². The van der Waals surface area contributed by atoms with Gasteiger partial charge in [-0.05, 0) is 12.8 Å². The minimum atomic E-state index is -6.22. The van der Waals surface area contributed by atoms with Crippen LogP contribution in [0.3, 0.4) is 0 Å². The highest BCUT2D eigenvalue weighted by atomic mass is 31.2. The highest BCUT2D eigenvalue weighted by Crippen LogP contribution is 2.55. The number of phosphoric ester groups is 4.